The maximum absolute atomic E-state index is 13.6. The lowest BCUT2D eigenvalue weighted by atomic mass is 10.3. The fraction of sp³-hybridized carbons (Fsp3) is 0.364. The first-order valence-corrected chi connectivity index (χ1v) is 6.72. The highest BCUT2D eigenvalue weighted by atomic mass is 32.2. The molecule has 0 aliphatic rings. The maximum atomic E-state index is 13.6. The van der Waals surface area contributed by atoms with Crippen molar-refractivity contribution in [3.8, 4) is 0 Å². The second-order valence-corrected chi connectivity index (χ2v) is 6.35. The Kier molecular flexibility index (Phi) is 3.95. The van der Waals surface area contributed by atoms with Crippen molar-refractivity contribution >= 4 is 21.4 Å². The first-order valence-electron chi connectivity index (χ1n) is 5.18. The van der Waals surface area contributed by atoms with Gasteiger partial charge in [-0.3, -0.25) is 4.79 Å². The van der Waals surface area contributed by atoms with Gasteiger partial charge in [-0.15, -0.1) is 0 Å². The first-order chi connectivity index (χ1) is 8.17. The van der Waals surface area contributed by atoms with Gasteiger partial charge in [0.05, 0.1) is 0 Å². The molecule has 0 aliphatic carbocycles. The summed E-state index contributed by atoms with van der Waals surface area (Å²) in [4.78, 5) is 12.3. The first kappa shape index (κ1) is 14.4. The normalized spacial score (nSPS) is 13.1. The zero-order chi connectivity index (χ0) is 14.1. The number of amides is 1. The van der Waals surface area contributed by atoms with Crippen molar-refractivity contribution in [3.63, 3.8) is 0 Å². The molecule has 7 heteroatoms. The van der Waals surface area contributed by atoms with Crippen LogP contribution in [0.1, 0.15) is 6.92 Å². The van der Waals surface area contributed by atoms with Gasteiger partial charge < -0.3 is 10.6 Å². The molecule has 1 amide bonds. The van der Waals surface area contributed by atoms with Crippen molar-refractivity contribution in [1.29, 1.82) is 0 Å². The van der Waals surface area contributed by atoms with Gasteiger partial charge in [-0.2, -0.15) is 0 Å². The number of carbonyl (C=O) groups excluding carboxylic acids is 1. The number of anilines is 1. The van der Waals surface area contributed by atoms with Crippen molar-refractivity contribution in [1.82, 2.24) is 4.90 Å². The highest BCUT2D eigenvalue weighted by Gasteiger charge is 2.32. The van der Waals surface area contributed by atoms with Gasteiger partial charge in [-0.25, -0.2) is 12.8 Å². The molecule has 0 saturated heterocycles. The molecule has 0 saturated carbocycles. The highest BCUT2D eigenvalue weighted by Crippen LogP contribution is 2.22. The van der Waals surface area contributed by atoms with E-state index in [2.05, 4.69) is 0 Å². The van der Waals surface area contributed by atoms with Crippen molar-refractivity contribution in [2.45, 2.75) is 17.1 Å². The lowest BCUT2D eigenvalue weighted by Crippen LogP contribution is -2.37. The molecule has 1 unspecified atom stereocenters. The summed E-state index contributed by atoms with van der Waals surface area (Å²) >= 11 is 0. The zero-order valence-corrected chi connectivity index (χ0v) is 11.2. The predicted molar refractivity (Wildman–Crippen MR) is 66.2 cm³/mol. The van der Waals surface area contributed by atoms with Gasteiger partial charge in [0.15, 0.2) is 9.84 Å². The molecule has 1 aromatic rings. The molecule has 0 heterocycles. The van der Waals surface area contributed by atoms with Crippen LogP contribution in [-0.4, -0.2) is 38.6 Å². The fourth-order valence-electron chi connectivity index (χ4n) is 1.43. The molecule has 1 aromatic carbocycles. The summed E-state index contributed by atoms with van der Waals surface area (Å²) in [5.41, 5.74) is 5.47. The molecule has 18 heavy (non-hydrogen) atoms. The van der Waals surface area contributed by atoms with Crippen LogP contribution in [0.3, 0.4) is 0 Å². The largest absolute Gasteiger partial charge is 0.399 e. The lowest BCUT2D eigenvalue weighted by molar-refractivity contribution is -0.127. The van der Waals surface area contributed by atoms with Crippen LogP contribution in [-0.2, 0) is 14.6 Å². The number of carbonyl (C=O) groups is 1. The molecule has 0 bridgehead atoms. The smallest absolute Gasteiger partial charge is 0.240 e. The summed E-state index contributed by atoms with van der Waals surface area (Å²) in [5, 5.41) is -1.34. The molecular weight excluding hydrogens is 259 g/mol. The molecule has 0 radical (unpaired) electrons. The Bertz CT molecular complexity index is 570. The molecule has 0 spiro atoms. The van der Waals surface area contributed by atoms with Crippen LogP contribution in [0.5, 0.6) is 0 Å². The third kappa shape index (κ3) is 2.61. The van der Waals surface area contributed by atoms with E-state index in [0.29, 0.717) is 0 Å². The second-order valence-electron chi connectivity index (χ2n) is 4.11. The number of nitrogen functional groups attached to an aromatic ring is 1. The summed E-state index contributed by atoms with van der Waals surface area (Å²) in [5.74, 6) is -1.56. The van der Waals surface area contributed by atoms with E-state index in [1.807, 2.05) is 0 Å². The third-order valence-corrected chi connectivity index (χ3v) is 4.59. The summed E-state index contributed by atoms with van der Waals surface area (Å²) in [6, 6.07) is 3.27. The second kappa shape index (κ2) is 4.93. The summed E-state index contributed by atoms with van der Waals surface area (Å²) in [6.45, 7) is 1.23. The quantitative estimate of drug-likeness (QED) is 0.821. The van der Waals surface area contributed by atoms with Gasteiger partial charge in [-0.05, 0) is 25.1 Å². The Morgan fingerprint density at radius 1 is 1.39 bits per heavy atom. The number of hydrogen-bond acceptors (Lipinski definition) is 4. The van der Waals surface area contributed by atoms with Gasteiger partial charge in [0.2, 0.25) is 5.91 Å². The van der Waals surface area contributed by atoms with E-state index >= 15 is 0 Å². The van der Waals surface area contributed by atoms with Crippen LogP contribution in [0.25, 0.3) is 0 Å². The van der Waals surface area contributed by atoms with E-state index in [1.54, 1.807) is 0 Å². The molecule has 1 rings (SSSR count). The highest BCUT2D eigenvalue weighted by molar-refractivity contribution is 7.92. The molecule has 0 aromatic heterocycles. The number of nitrogens with two attached hydrogens (primary N) is 1. The predicted octanol–water partition coefficient (Wildman–Crippen LogP) is 0.658. The molecule has 1 atom stereocenters. The van der Waals surface area contributed by atoms with Crippen LogP contribution >= 0.6 is 0 Å². The number of benzene rings is 1. The topological polar surface area (TPSA) is 80.5 Å². The number of rotatable bonds is 3. The fourth-order valence-corrected chi connectivity index (χ4v) is 2.88. The molecule has 0 aliphatic heterocycles. The maximum Gasteiger partial charge on any atom is 0.240 e. The number of sulfone groups is 1. The average Bonchev–Trinajstić information content (AvgIpc) is 2.26. The molecule has 100 valence electrons. The van der Waals surface area contributed by atoms with E-state index in [1.165, 1.54) is 27.1 Å². The van der Waals surface area contributed by atoms with E-state index < -0.39 is 31.7 Å². The van der Waals surface area contributed by atoms with Crippen LogP contribution in [0.4, 0.5) is 10.1 Å². The van der Waals surface area contributed by atoms with Gasteiger partial charge in [-0.1, -0.05) is 0 Å². The minimum atomic E-state index is -4.05. The third-order valence-electron chi connectivity index (χ3n) is 2.52. The van der Waals surface area contributed by atoms with Crippen molar-refractivity contribution in [2.24, 2.45) is 0 Å². The minimum absolute atomic E-state index is 0.123. The average molecular weight is 274 g/mol. The van der Waals surface area contributed by atoms with E-state index in [0.717, 1.165) is 17.0 Å². The zero-order valence-electron chi connectivity index (χ0n) is 10.3. The van der Waals surface area contributed by atoms with Gasteiger partial charge in [0, 0.05) is 19.8 Å². The van der Waals surface area contributed by atoms with E-state index in [9.17, 15) is 17.6 Å². The van der Waals surface area contributed by atoms with E-state index in [4.69, 9.17) is 5.73 Å². The van der Waals surface area contributed by atoms with Crippen molar-refractivity contribution in [3.05, 3.63) is 24.0 Å². The van der Waals surface area contributed by atoms with Crippen LogP contribution in [0, 0.1) is 5.82 Å². The number of halogens is 1. The summed E-state index contributed by atoms with van der Waals surface area (Å²) in [7, 11) is -1.18. The monoisotopic (exact) mass is 274 g/mol. The Morgan fingerprint density at radius 2 is 1.94 bits per heavy atom. The van der Waals surface area contributed by atoms with Gasteiger partial charge in [0.1, 0.15) is 16.0 Å². The number of nitrogens with zero attached hydrogens (tertiary/aromatic N) is 1. The molecular formula is C11H15FN2O3S. The Hall–Kier alpha value is -1.63. The minimum Gasteiger partial charge on any atom is -0.399 e. The standard InChI is InChI=1S/C11H15FN2O3S/c1-7(11(15)14(2)3)18(16,17)10-5-4-8(13)6-9(10)12/h4-7H,13H2,1-3H3. The van der Waals surface area contributed by atoms with Gasteiger partial charge >= 0.3 is 0 Å². The Balaban J connectivity index is 3.26. The van der Waals surface area contributed by atoms with Crippen LogP contribution < -0.4 is 5.73 Å². The van der Waals surface area contributed by atoms with E-state index in [-0.39, 0.29) is 5.69 Å². The summed E-state index contributed by atoms with van der Waals surface area (Å²) in [6.07, 6.45) is 0. The molecule has 0 fully saturated rings. The Labute approximate surface area is 105 Å². The molecule has 5 nitrogen and oxygen atoms in total. The lowest BCUT2D eigenvalue weighted by Gasteiger charge is -2.17. The van der Waals surface area contributed by atoms with Gasteiger partial charge in [0.25, 0.3) is 0 Å². The summed E-state index contributed by atoms with van der Waals surface area (Å²) < 4.78 is 37.8. The number of hydrogen-bond donors (Lipinski definition) is 1. The van der Waals surface area contributed by atoms with Crippen LogP contribution in [0.2, 0.25) is 0 Å². The SMILES string of the molecule is CC(C(=O)N(C)C)S(=O)(=O)c1ccc(N)cc1F. The van der Waals surface area contributed by atoms with Crippen LogP contribution in [0.15, 0.2) is 23.1 Å². The Morgan fingerprint density at radius 3 is 2.39 bits per heavy atom. The van der Waals surface area contributed by atoms with Crippen molar-refractivity contribution < 1.29 is 17.6 Å². The van der Waals surface area contributed by atoms with Crippen molar-refractivity contribution in [2.75, 3.05) is 19.8 Å². The molecule has 2 N–H and O–H groups in total.